The minimum Gasteiger partial charge on any atom is -0.494 e. The fourth-order valence-electron chi connectivity index (χ4n) is 3.07. The van der Waals surface area contributed by atoms with Crippen molar-refractivity contribution in [2.24, 2.45) is 4.99 Å². The van der Waals surface area contributed by atoms with Crippen LogP contribution < -0.4 is 15.4 Å². The monoisotopic (exact) mass is 430 g/mol. The number of aliphatic imine (C=N–C) groups is 1. The molecule has 1 unspecified atom stereocenters. The summed E-state index contributed by atoms with van der Waals surface area (Å²) in [5.74, 6) is 1.44. The van der Waals surface area contributed by atoms with Crippen LogP contribution in [0.25, 0.3) is 11.4 Å². The number of benzene rings is 1. The van der Waals surface area contributed by atoms with Crippen LogP contribution in [0.1, 0.15) is 5.69 Å². The molecule has 0 spiro atoms. The smallest absolute Gasteiger partial charge is 0.199 e. The van der Waals surface area contributed by atoms with Crippen LogP contribution in [0.3, 0.4) is 0 Å². The molecule has 3 heterocycles. The third-order valence-corrected chi connectivity index (χ3v) is 4.60. The van der Waals surface area contributed by atoms with E-state index in [1.54, 1.807) is 24.3 Å². The number of hydrogen-bond donors (Lipinski definition) is 2. The molecule has 0 bridgehead atoms. The summed E-state index contributed by atoms with van der Waals surface area (Å²) >= 11 is 0. The summed E-state index contributed by atoms with van der Waals surface area (Å²) in [5.41, 5.74) is 1.58. The maximum atomic E-state index is 13.2. The molecule has 2 N–H and O–H groups in total. The van der Waals surface area contributed by atoms with Crippen LogP contribution in [0.5, 0.6) is 5.75 Å². The van der Waals surface area contributed by atoms with Crippen LogP contribution in [0, 0.1) is 17.1 Å². The Hall–Kier alpha value is -4.52. The molecule has 2 aromatic heterocycles. The van der Waals surface area contributed by atoms with Crippen molar-refractivity contribution >= 4 is 17.3 Å². The number of amidine groups is 1. The van der Waals surface area contributed by atoms with Crippen molar-refractivity contribution in [2.45, 2.75) is 6.29 Å². The molecule has 1 aromatic carbocycles. The minimum absolute atomic E-state index is 0.316. The number of pyridine rings is 1. The molecule has 160 valence electrons. The number of hydrogen-bond acceptors (Lipinski definition) is 9. The Balaban J connectivity index is 1.59. The first-order valence-electron chi connectivity index (χ1n) is 9.61. The van der Waals surface area contributed by atoms with Crippen LogP contribution in [-0.4, -0.2) is 46.1 Å². The average molecular weight is 430 g/mol. The predicted octanol–water partition coefficient (Wildman–Crippen LogP) is 3.22. The Morgan fingerprint density at radius 3 is 2.69 bits per heavy atom. The number of para-hydroxylation sites is 1. The first-order valence-corrected chi connectivity index (χ1v) is 9.61. The van der Waals surface area contributed by atoms with Gasteiger partial charge in [0.15, 0.2) is 23.7 Å². The summed E-state index contributed by atoms with van der Waals surface area (Å²) < 4.78 is 18.8. The van der Waals surface area contributed by atoms with Gasteiger partial charge in [-0.2, -0.15) is 5.26 Å². The highest BCUT2D eigenvalue weighted by Gasteiger charge is 2.18. The topological polar surface area (TPSA) is 111 Å². The number of rotatable bonds is 5. The molecule has 1 aliphatic heterocycles. The van der Waals surface area contributed by atoms with E-state index in [0.29, 0.717) is 40.2 Å². The first kappa shape index (κ1) is 20.7. The van der Waals surface area contributed by atoms with Crippen molar-refractivity contribution < 1.29 is 9.13 Å². The lowest BCUT2D eigenvalue weighted by molar-refractivity contribution is 0.367. The molecule has 0 saturated carbocycles. The fourth-order valence-corrected chi connectivity index (χ4v) is 3.07. The van der Waals surface area contributed by atoms with E-state index >= 15 is 0 Å². The molecule has 9 nitrogen and oxygen atoms in total. The van der Waals surface area contributed by atoms with Crippen LogP contribution >= 0.6 is 0 Å². The second kappa shape index (κ2) is 9.09. The lowest BCUT2D eigenvalue weighted by Gasteiger charge is -2.28. The maximum absolute atomic E-state index is 13.2. The largest absolute Gasteiger partial charge is 0.494 e. The first-order chi connectivity index (χ1) is 15.6. The van der Waals surface area contributed by atoms with Crippen LogP contribution in [0.4, 0.5) is 15.9 Å². The summed E-state index contributed by atoms with van der Waals surface area (Å²) in [5, 5.41) is 15.5. The van der Waals surface area contributed by atoms with E-state index in [4.69, 9.17) is 10.00 Å². The van der Waals surface area contributed by atoms with Crippen molar-refractivity contribution in [3.05, 3.63) is 72.6 Å². The van der Waals surface area contributed by atoms with Gasteiger partial charge in [-0.05, 0) is 30.3 Å². The minimum atomic E-state index is -0.513. The van der Waals surface area contributed by atoms with Crippen molar-refractivity contribution in [3.63, 3.8) is 0 Å². The molecule has 0 aliphatic carbocycles. The number of nitrogens with one attached hydrogen (secondary N) is 2. The summed E-state index contributed by atoms with van der Waals surface area (Å²) in [6, 6.07) is 12.6. The quantitative estimate of drug-likeness (QED) is 0.635. The maximum Gasteiger partial charge on any atom is 0.199 e. The Kier molecular flexibility index (Phi) is 5.89. The van der Waals surface area contributed by atoms with Crippen LogP contribution in [0.15, 0.2) is 66.1 Å². The zero-order valence-electron chi connectivity index (χ0n) is 17.3. The predicted molar refractivity (Wildman–Crippen MR) is 118 cm³/mol. The molecule has 1 aliphatic rings. The zero-order chi connectivity index (χ0) is 22.5. The number of nitrogens with zero attached hydrogens (tertiary/aromatic N) is 6. The van der Waals surface area contributed by atoms with Crippen molar-refractivity contribution in [3.8, 4) is 23.2 Å². The summed E-state index contributed by atoms with van der Waals surface area (Å²) in [7, 11) is 3.41. The highest BCUT2D eigenvalue weighted by molar-refractivity contribution is 6.05. The highest BCUT2D eigenvalue weighted by Crippen LogP contribution is 2.35. The van der Waals surface area contributed by atoms with Gasteiger partial charge in [0.1, 0.15) is 23.4 Å². The second-order valence-electron chi connectivity index (χ2n) is 6.77. The summed E-state index contributed by atoms with van der Waals surface area (Å²) in [6.07, 6.45) is 5.45. The van der Waals surface area contributed by atoms with Gasteiger partial charge >= 0.3 is 0 Å². The van der Waals surface area contributed by atoms with Crippen molar-refractivity contribution in [1.82, 2.24) is 19.9 Å². The highest BCUT2D eigenvalue weighted by atomic mass is 19.1. The second-order valence-corrected chi connectivity index (χ2v) is 6.77. The molecule has 0 saturated heterocycles. The van der Waals surface area contributed by atoms with Gasteiger partial charge in [0.2, 0.25) is 0 Å². The Morgan fingerprint density at radius 2 is 1.94 bits per heavy atom. The number of ether oxygens (including phenoxy) is 1. The molecule has 4 rings (SSSR count). The number of methoxy groups -OCH3 is 1. The Morgan fingerprint density at radius 1 is 1.16 bits per heavy atom. The third-order valence-electron chi connectivity index (χ3n) is 4.60. The molecular weight excluding hydrogens is 411 g/mol. The fraction of sp³-hybridized carbons (Fsp3) is 0.136. The molecule has 3 aromatic rings. The molecular formula is C22H19FN8O. The van der Waals surface area contributed by atoms with E-state index in [1.807, 2.05) is 42.4 Å². The molecule has 10 heteroatoms. The Labute approximate surface area is 183 Å². The van der Waals surface area contributed by atoms with E-state index in [2.05, 4.69) is 30.6 Å². The van der Waals surface area contributed by atoms with Crippen LogP contribution in [-0.2, 0) is 0 Å². The molecule has 0 amide bonds. The van der Waals surface area contributed by atoms with Gasteiger partial charge in [0.05, 0.1) is 30.8 Å². The molecule has 0 fully saturated rings. The van der Waals surface area contributed by atoms with Gasteiger partial charge in [-0.15, -0.1) is 0 Å². The number of aromatic nitrogens is 3. The van der Waals surface area contributed by atoms with E-state index in [1.165, 1.54) is 7.11 Å². The van der Waals surface area contributed by atoms with Gasteiger partial charge in [-0.25, -0.2) is 24.3 Å². The van der Waals surface area contributed by atoms with Gasteiger partial charge in [-0.3, -0.25) is 0 Å². The van der Waals surface area contributed by atoms with E-state index in [-0.39, 0.29) is 0 Å². The van der Waals surface area contributed by atoms with Gasteiger partial charge < -0.3 is 20.3 Å². The zero-order valence-corrected chi connectivity index (χ0v) is 17.3. The van der Waals surface area contributed by atoms with E-state index in [0.717, 1.165) is 12.4 Å². The summed E-state index contributed by atoms with van der Waals surface area (Å²) in [4.78, 5) is 18.9. The SMILES string of the molecule is COc1c(NC2=NC(Nc3cccc(C#N)n3)N(C)C=C2)cccc1-c1ncc(F)cn1. The van der Waals surface area contributed by atoms with Crippen molar-refractivity contribution in [2.75, 3.05) is 24.8 Å². The average Bonchev–Trinajstić information content (AvgIpc) is 2.82. The summed E-state index contributed by atoms with van der Waals surface area (Å²) in [6.45, 7) is 0. The molecule has 0 radical (unpaired) electrons. The molecule has 1 atom stereocenters. The number of halogens is 1. The molecule has 32 heavy (non-hydrogen) atoms. The van der Waals surface area contributed by atoms with Gasteiger partial charge in [0.25, 0.3) is 0 Å². The Bertz CT molecular complexity index is 1220. The van der Waals surface area contributed by atoms with Crippen molar-refractivity contribution in [1.29, 1.82) is 5.26 Å². The standard InChI is InChI=1S/C22H19FN8O/c1-31-10-9-19(30-22(31)29-18-8-3-5-15(11-24)27-18)28-17-7-4-6-16(20(17)32-2)21-25-12-14(23)13-26-21/h3-10,12-13,22H,1-2H3,(H,27,29)(H,28,30). The lowest BCUT2D eigenvalue weighted by Crippen LogP contribution is -2.37. The third kappa shape index (κ3) is 4.46. The van der Waals surface area contributed by atoms with Gasteiger partial charge in [0, 0.05) is 13.2 Å². The van der Waals surface area contributed by atoms with E-state index < -0.39 is 12.1 Å². The number of nitriles is 1. The lowest BCUT2D eigenvalue weighted by atomic mass is 10.1. The number of anilines is 2. The van der Waals surface area contributed by atoms with Crippen LogP contribution in [0.2, 0.25) is 0 Å². The normalized spacial score (nSPS) is 15.0. The van der Waals surface area contributed by atoms with Gasteiger partial charge in [-0.1, -0.05) is 12.1 Å². The van der Waals surface area contributed by atoms with E-state index in [9.17, 15) is 4.39 Å².